The Morgan fingerprint density at radius 1 is 1.16 bits per heavy atom. The molecule has 31 heavy (non-hydrogen) atoms. The number of benzene rings is 2. The molecule has 2 heterocycles. The molecule has 2 aromatic carbocycles. The van der Waals surface area contributed by atoms with Crippen molar-refractivity contribution in [3.05, 3.63) is 50.4 Å². The van der Waals surface area contributed by atoms with Crippen molar-refractivity contribution in [1.82, 2.24) is 4.90 Å². The van der Waals surface area contributed by atoms with Crippen molar-refractivity contribution in [1.29, 1.82) is 0 Å². The molecular weight excluding hydrogens is 536 g/mol. The molecule has 0 radical (unpaired) electrons. The third-order valence-corrected chi connectivity index (χ3v) is 6.42. The molecule has 2 unspecified atom stereocenters. The van der Waals surface area contributed by atoms with Crippen LogP contribution in [0.3, 0.4) is 0 Å². The molecule has 4 rings (SSSR count). The Balaban J connectivity index is 1.65. The number of carbonyl (C=O) groups excluding carboxylic acids is 3. The molecule has 0 spiro atoms. The van der Waals surface area contributed by atoms with Crippen LogP contribution in [-0.2, 0) is 14.3 Å². The van der Waals surface area contributed by atoms with E-state index in [0.29, 0.717) is 27.9 Å². The van der Waals surface area contributed by atoms with Crippen molar-refractivity contribution in [2.75, 3.05) is 19.5 Å². The number of rotatable bonds is 5. The zero-order chi connectivity index (χ0) is 22.3. The second-order valence-corrected chi connectivity index (χ2v) is 8.76. The van der Waals surface area contributed by atoms with Gasteiger partial charge in [-0.3, -0.25) is 14.5 Å². The van der Waals surface area contributed by atoms with Crippen molar-refractivity contribution < 1.29 is 28.6 Å². The average Bonchev–Trinajstić information content (AvgIpc) is 3.29. The van der Waals surface area contributed by atoms with Crippen molar-refractivity contribution in [2.24, 2.45) is 0 Å². The second-order valence-electron chi connectivity index (χ2n) is 6.99. The van der Waals surface area contributed by atoms with Gasteiger partial charge in [-0.2, -0.15) is 0 Å². The van der Waals surface area contributed by atoms with Gasteiger partial charge in [0.05, 0.1) is 19.9 Å². The van der Waals surface area contributed by atoms with Gasteiger partial charge in [0.15, 0.2) is 11.5 Å². The van der Waals surface area contributed by atoms with E-state index in [-0.39, 0.29) is 29.5 Å². The van der Waals surface area contributed by atoms with Gasteiger partial charge in [0.25, 0.3) is 0 Å². The summed E-state index contributed by atoms with van der Waals surface area (Å²) in [6, 6.07) is 7.85. The summed E-state index contributed by atoms with van der Waals surface area (Å²) in [6.07, 6.45) is -0.521. The molecule has 1 fully saturated rings. The molecule has 2 amide bonds. The van der Waals surface area contributed by atoms with Crippen LogP contribution in [0.2, 0.25) is 0 Å². The van der Waals surface area contributed by atoms with Crippen LogP contribution in [-0.4, -0.2) is 42.9 Å². The van der Waals surface area contributed by atoms with Gasteiger partial charge >= 0.3 is 5.97 Å². The number of ether oxygens (including phenoxy) is 3. The first-order valence-electron chi connectivity index (χ1n) is 9.38. The van der Waals surface area contributed by atoms with E-state index in [1.165, 1.54) is 19.1 Å². The van der Waals surface area contributed by atoms with E-state index in [4.69, 9.17) is 14.2 Å². The van der Waals surface area contributed by atoms with Crippen LogP contribution in [0.1, 0.15) is 35.0 Å². The fraction of sp³-hybridized carbons (Fsp3) is 0.286. The molecule has 0 saturated carbocycles. The van der Waals surface area contributed by atoms with Gasteiger partial charge in [-0.15, -0.1) is 0 Å². The fourth-order valence-electron chi connectivity index (χ4n) is 3.85. The number of anilines is 1. The number of amides is 2. The maximum absolute atomic E-state index is 13.1. The van der Waals surface area contributed by atoms with E-state index < -0.39 is 18.2 Å². The number of likely N-dealkylation sites (tertiary alicyclic amines) is 1. The highest BCUT2D eigenvalue weighted by molar-refractivity contribution is 9.11. The first kappa shape index (κ1) is 21.6. The summed E-state index contributed by atoms with van der Waals surface area (Å²) < 4.78 is 17.7. The van der Waals surface area contributed by atoms with Crippen LogP contribution in [0.15, 0.2) is 39.3 Å². The van der Waals surface area contributed by atoms with Crippen molar-refractivity contribution in [3.8, 4) is 11.5 Å². The highest BCUT2D eigenvalue weighted by Crippen LogP contribution is 2.45. The zero-order valence-corrected chi connectivity index (χ0v) is 19.8. The maximum atomic E-state index is 13.1. The molecule has 2 aliphatic heterocycles. The first-order chi connectivity index (χ1) is 14.8. The molecule has 2 atom stereocenters. The number of nitrogens with one attached hydrogen (secondary N) is 1. The summed E-state index contributed by atoms with van der Waals surface area (Å²) in [5.41, 5.74) is 1.23. The number of esters is 1. The van der Waals surface area contributed by atoms with E-state index in [1.807, 2.05) is 6.07 Å². The Morgan fingerprint density at radius 3 is 2.61 bits per heavy atom. The van der Waals surface area contributed by atoms with Crippen LogP contribution < -0.4 is 14.8 Å². The minimum absolute atomic E-state index is 0.177. The predicted octanol–water partition coefficient (Wildman–Crippen LogP) is 4.03. The van der Waals surface area contributed by atoms with Crippen LogP contribution in [0.4, 0.5) is 5.69 Å². The Labute approximate surface area is 195 Å². The van der Waals surface area contributed by atoms with E-state index in [9.17, 15) is 14.4 Å². The number of halogens is 2. The smallest absolute Gasteiger partial charge is 0.344 e. The predicted molar refractivity (Wildman–Crippen MR) is 118 cm³/mol. The number of carbonyl (C=O) groups is 3. The van der Waals surface area contributed by atoms with Gasteiger partial charge in [-0.1, -0.05) is 15.9 Å². The molecule has 0 bridgehead atoms. The number of hydrogen-bond acceptors (Lipinski definition) is 6. The fourth-order valence-corrected chi connectivity index (χ4v) is 5.00. The van der Waals surface area contributed by atoms with Crippen molar-refractivity contribution in [3.63, 3.8) is 0 Å². The minimum atomic E-state index is -1.01. The summed E-state index contributed by atoms with van der Waals surface area (Å²) in [5.74, 6) is -0.653. The molecule has 162 valence electrons. The Bertz CT molecular complexity index is 1090. The van der Waals surface area contributed by atoms with Crippen LogP contribution >= 0.6 is 31.9 Å². The van der Waals surface area contributed by atoms with Gasteiger partial charge in [0.1, 0.15) is 11.6 Å². The van der Waals surface area contributed by atoms with Crippen LogP contribution in [0, 0.1) is 0 Å². The molecule has 1 N–H and O–H groups in total. The second kappa shape index (κ2) is 8.51. The Kier molecular flexibility index (Phi) is 5.94. The summed E-state index contributed by atoms with van der Waals surface area (Å²) in [5, 5.41) is 2.84. The molecular formula is C21H18Br2N2O6. The quantitative estimate of drug-likeness (QED) is 0.562. The lowest BCUT2D eigenvalue weighted by molar-refractivity contribution is -0.144. The van der Waals surface area contributed by atoms with Gasteiger partial charge in [-0.25, -0.2) is 4.79 Å². The number of cyclic esters (lactones) is 1. The first-order valence-corrected chi connectivity index (χ1v) is 11.0. The number of nitrogens with zero attached hydrogens (tertiary/aromatic N) is 1. The highest BCUT2D eigenvalue weighted by atomic mass is 79.9. The number of methoxy groups -OCH3 is 2. The highest BCUT2D eigenvalue weighted by Gasteiger charge is 2.47. The molecule has 10 heteroatoms. The van der Waals surface area contributed by atoms with Gasteiger partial charge in [0.2, 0.25) is 18.0 Å². The molecule has 2 aromatic rings. The molecule has 0 aromatic heterocycles. The molecule has 1 saturated heterocycles. The van der Waals surface area contributed by atoms with E-state index in [2.05, 4.69) is 37.2 Å². The number of hydrogen-bond donors (Lipinski definition) is 1. The SMILES string of the molecule is COc1ccc2c(c1OC)C(=O)OC2N1C(=O)CCC1C(=O)Nc1ccc(Br)cc1Br. The lowest BCUT2D eigenvalue weighted by Crippen LogP contribution is -2.43. The zero-order valence-electron chi connectivity index (χ0n) is 16.6. The Hall–Kier alpha value is -2.59. The summed E-state index contributed by atoms with van der Waals surface area (Å²) in [7, 11) is 2.89. The van der Waals surface area contributed by atoms with Gasteiger partial charge in [0, 0.05) is 20.9 Å². The number of fused-ring (bicyclic) bond motifs is 1. The third kappa shape index (κ3) is 3.78. The topological polar surface area (TPSA) is 94.2 Å². The van der Waals surface area contributed by atoms with Crippen molar-refractivity contribution in [2.45, 2.75) is 25.1 Å². The monoisotopic (exact) mass is 552 g/mol. The lowest BCUT2D eigenvalue weighted by Gasteiger charge is -2.29. The largest absolute Gasteiger partial charge is 0.493 e. The van der Waals surface area contributed by atoms with Gasteiger partial charge in [-0.05, 0) is 52.7 Å². The van der Waals surface area contributed by atoms with Crippen LogP contribution in [0.5, 0.6) is 11.5 Å². The van der Waals surface area contributed by atoms with E-state index >= 15 is 0 Å². The molecule has 0 aliphatic carbocycles. The average molecular weight is 554 g/mol. The summed E-state index contributed by atoms with van der Waals surface area (Å²) in [6.45, 7) is 0. The molecule has 8 nitrogen and oxygen atoms in total. The molecule has 2 aliphatic rings. The summed E-state index contributed by atoms with van der Waals surface area (Å²) in [4.78, 5) is 39.7. The minimum Gasteiger partial charge on any atom is -0.493 e. The normalized spacial score (nSPS) is 19.8. The van der Waals surface area contributed by atoms with Gasteiger partial charge < -0.3 is 19.5 Å². The van der Waals surface area contributed by atoms with Crippen molar-refractivity contribution >= 4 is 55.3 Å². The maximum Gasteiger partial charge on any atom is 0.344 e. The third-order valence-electron chi connectivity index (χ3n) is 5.27. The standard InChI is InChI=1S/C21H18Br2N2O6/c1-29-15-7-4-11-17(18(15)30-2)21(28)31-20(11)25-14(6-8-16(25)26)19(27)24-13-5-3-10(22)9-12(13)23/h3-5,7,9,14,20H,6,8H2,1-2H3,(H,24,27). The lowest BCUT2D eigenvalue weighted by atomic mass is 10.1. The van der Waals surface area contributed by atoms with Crippen LogP contribution in [0.25, 0.3) is 0 Å². The van der Waals surface area contributed by atoms with E-state index in [1.54, 1.807) is 24.3 Å². The Morgan fingerprint density at radius 2 is 1.94 bits per heavy atom. The van der Waals surface area contributed by atoms with E-state index in [0.717, 1.165) is 4.47 Å². The summed E-state index contributed by atoms with van der Waals surface area (Å²) >= 11 is 6.79.